The van der Waals surface area contributed by atoms with E-state index in [1.807, 2.05) is 6.92 Å². The average Bonchev–Trinajstić information content (AvgIpc) is 2.89. The molecule has 2 aliphatic carbocycles. The van der Waals surface area contributed by atoms with Crippen molar-refractivity contribution < 1.29 is 14.6 Å². The number of amides is 1. The fourth-order valence-corrected chi connectivity index (χ4v) is 5.33. The molecule has 1 amide bonds. The first-order chi connectivity index (χ1) is 9.84. The summed E-state index contributed by atoms with van der Waals surface area (Å²) >= 11 is 5.35. The van der Waals surface area contributed by atoms with E-state index in [-0.39, 0.29) is 29.4 Å². The minimum Gasteiger partial charge on any atom is -0.465 e. The summed E-state index contributed by atoms with van der Waals surface area (Å²) in [4.78, 5) is 14.5. The minimum atomic E-state index is -0.581. The van der Waals surface area contributed by atoms with Gasteiger partial charge in [0.15, 0.2) is 0 Å². The molecule has 1 N–H and O–H groups in total. The molecule has 3 aliphatic rings. The van der Waals surface area contributed by atoms with Gasteiger partial charge in [-0.25, -0.2) is 0 Å². The van der Waals surface area contributed by atoms with Crippen LogP contribution in [0.5, 0.6) is 0 Å². The van der Waals surface area contributed by atoms with E-state index < -0.39 is 6.10 Å². The van der Waals surface area contributed by atoms with E-state index in [0.29, 0.717) is 17.5 Å². The molecule has 1 spiro atoms. The number of thiocarbonyl (C=S) groups is 1. The van der Waals surface area contributed by atoms with Crippen molar-refractivity contribution in [3.63, 3.8) is 0 Å². The zero-order valence-corrected chi connectivity index (χ0v) is 13.9. The zero-order chi connectivity index (χ0) is 15.4. The third-order valence-electron chi connectivity index (χ3n) is 6.15. The molecule has 0 unspecified atom stereocenters. The van der Waals surface area contributed by atoms with E-state index in [1.54, 1.807) is 4.90 Å². The molecule has 5 heteroatoms. The van der Waals surface area contributed by atoms with Gasteiger partial charge >= 0.3 is 0 Å². The molecular formula is C16H25NO3S. The van der Waals surface area contributed by atoms with Crippen molar-refractivity contribution in [1.82, 2.24) is 4.90 Å². The number of hydrogen-bond acceptors (Lipinski definition) is 4. The maximum Gasteiger partial charge on any atom is 0.267 e. The highest BCUT2D eigenvalue weighted by Gasteiger charge is 2.72. The van der Waals surface area contributed by atoms with Gasteiger partial charge in [-0.2, -0.15) is 0 Å². The Bertz CT molecular complexity index is 478. The van der Waals surface area contributed by atoms with Crippen LogP contribution in [0.3, 0.4) is 0 Å². The molecule has 2 saturated carbocycles. The molecule has 0 radical (unpaired) electrons. The second-order valence-corrected chi connectivity index (χ2v) is 7.71. The quantitative estimate of drug-likeness (QED) is 0.811. The number of ether oxygens (including phenoxy) is 1. The van der Waals surface area contributed by atoms with Gasteiger partial charge in [0.25, 0.3) is 5.17 Å². The van der Waals surface area contributed by atoms with Gasteiger partial charge in [0.05, 0.1) is 18.1 Å². The van der Waals surface area contributed by atoms with Gasteiger partial charge in [0.2, 0.25) is 5.91 Å². The van der Waals surface area contributed by atoms with Crippen LogP contribution in [-0.2, 0) is 9.53 Å². The van der Waals surface area contributed by atoms with Gasteiger partial charge in [-0.05, 0) is 49.2 Å². The molecule has 3 fully saturated rings. The molecule has 3 rings (SSSR count). The Morgan fingerprint density at radius 1 is 1.57 bits per heavy atom. The Morgan fingerprint density at radius 3 is 2.90 bits per heavy atom. The van der Waals surface area contributed by atoms with Crippen LogP contribution in [0, 0.1) is 11.3 Å². The van der Waals surface area contributed by atoms with Crippen molar-refractivity contribution in [3.05, 3.63) is 0 Å². The van der Waals surface area contributed by atoms with Crippen LogP contribution >= 0.6 is 12.2 Å². The predicted molar refractivity (Wildman–Crippen MR) is 83.7 cm³/mol. The van der Waals surface area contributed by atoms with Gasteiger partial charge in [-0.15, -0.1) is 0 Å². The second-order valence-electron chi connectivity index (χ2n) is 7.37. The predicted octanol–water partition coefficient (Wildman–Crippen LogP) is 2.63. The largest absolute Gasteiger partial charge is 0.465 e. The highest BCUT2D eigenvalue weighted by molar-refractivity contribution is 7.80. The fourth-order valence-electron chi connectivity index (χ4n) is 4.95. The molecule has 4 nitrogen and oxygen atoms in total. The monoisotopic (exact) mass is 311 g/mol. The highest BCUT2D eigenvalue weighted by atomic mass is 32.1. The average molecular weight is 311 g/mol. The summed E-state index contributed by atoms with van der Waals surface area (Å²) in [6, 6.07) is 0. The minimum absolute atomic E-state index is 0.0313. The van der Waals surface area contributed by atoms with Crippen LogP contribution in [0.1, 0.15) is 59.3 Å². The summed E-state index contributed by atoms with van der Waals surface area (Å²) in [7, 11) is 0. The van der Waals surface area contributed by atoms with Crippen molar-refractivity contribution in [2.75, 3.05) is 0 Å². The van der Waals surface area contributed by atoms with E-state index in [1.165, 1.54) is 0 Å². The molecule has 0 aromatic heterocycles. The topological polar surface area (TPSA) is 49.8 Å². The molecule has 1 saturated heterocycles. The number of rotatable bonds is 4. The Labute approximate surface area is 131 Å². The van der Waals surface area contributed by atoms with Crippen LogP contribution in [0.4, 0.5) is 0 Å². The maximum absolute atomic E-state index is 12.8. The Kier molecular flexibility index (Phi) is 3.56. The van der Waals surface area contributed by atoms with E-state index in [4.69, 9.17) is 17.0 Å². The van der Waals surface area contributed by atoms with E-state index in [9.17, 15) is 9.90 Å². The second kappa shape index (κ2) is 4.92. The van der Waals surface area contributed by atoms with Crippen LogP contribution in [0.2, 0.25) is 0 Å². The van der Waals surface area contributed by atoms with Gasteiger partial charge in [-0.1, -0.05) is 27.2 Å². The molecule has 0 aromatic rings. The molecule has 21 heavy (non-hydrogen) atoms. The van der Waals surface area contributed by atoms with E-state index in [2.05, 4.69) is 13.8 Å². The Hall–Kier alpha value is -0.680. The zero-order valence-electron chi connectivity index (χ0n) is 13.1. The van der Waals surface area contributed by atoms with Crippen LogP contribution in [-0.4, -0.2) is 38.8 Å². The van der Waals surface area contributed by atoms with Crippen molar-refractivity contribution in [2.45, 2.75) is 77.0 Å². The van der Waals surface area contributed by atoms with Crippen LogP contribution < -0.4 is 0 Å². The molecule has 4 atom stereocenters. The smallest absolute Gasteiger partial charge is 0.267 e. The number of fused-ring (bicyclic) bond motifs is 1. The first-order valence-electron chi connectivity index (χ1n) is 8.06. The number of nitrogens with zero attached hydrogens (tertiary/aromatic N) is 1. The summed E-state index contributed by atoms with van der Waals surface area (Å²) in [6.45, 7) is 6.49. The number of hydrogen-bond donors (Lipinski definition) is 1. The number of carbonyl (C=O) groups excluding carboxylic acids is 1. The Balaban J connectivity index is 1.87. The van der Waals surface area contributed by atoms with Crippen LogP contribution in [0.25, 0.3) is 0 Å². The first kappa shape index (κ1) is 15.2. The highest BCUT2D eigenvalue weighted by Crippen LogP contribution is 2.65. The number of aliphatic hydroxyl groups excluding tert-OH is 1. The first-order valence-corrected chi connectivity index (χ1v) is 8.47. The molecule has 1 aliphatic heterocycles. The SMILES string of the molecule is CCC[C@@H](O)CC(=O)N1C(=S)O[C@@H]2C[C@H]3CC[C@@]21C3(C)C. The summed E-state index contributed by atoms with van der Waals surface area (Å²) in [5.74, 6) is 0.528. The van der Waals surface area contributed by atoms with Gasteiger partial charge in [0, 0.05) is 0 Å². The molecule has 0 aromatic carbocycles. The standard InChI is InChI=1S/C16H25NO3S/c1-4-5-11(18)9-13(19)17-14(21)20-12-8-10-6-7-16(12,17)15(10,2)3/h10-12,18H,4-9H2,1-3H3/t10-,11-,12-,16+/m1/s1. The lowest BCUT2D eigenvalue weighted by Crippen LogP contribution is -2.57. The van der Waals surface area contributed by atoms with Crippen molar-refractivity contribution >= 4 is 23.3 Å². The lowest BCUT2D eigenvalue weighted by molar-refractivity contribution is -0.135. The lowest BCUT2D eigenvalue weighted by Gasteiger charge is -2.42. The maximum atomic E-state index is 12.8. The Morgan fingerprint density at radius 2 is 2.29 bits per heavy atom. The van der Waals surface area contributed by atoms with Crippen molar-refractivity contribution in [3.8, 4) is 0 Å². The van der Waals surface area contributed by atoms with Crippen molar-refractivity contribution in [1.29, 1.82) is 0 Å². The van der Waals surface area contributed by atoms with Crippen molar-refractivity contribution in [2.24, 2.45) is 11.3 Å². The summed E-state index contributed by atoms with van der Waals surface area (Å²) in [5.41, 5.74) is -0.249. The van der Waals surface area contributed by atoms with Gasteiger partial charge in [-0.3, -0.25) is 9.69 Å². The van der Waals surface area contributed by atoms with Gasteiger partial charge in [0.1, 0.15) is 6.10 Å². The third-order valence-corrected chi connectivity index (χ3v) is 6.43. The molecule has 1 heterocycles. The van der Waals surface area contributed by atoms with Gasteiger partial charge < -0.3 is 9.84 Å². The summed E-state index contributed by atoms with van der Waals surface area (Å²) < 4.78 is 5.88. The van der Waals surface area contributed by atoms with E-state index >= 15 is 0 Å². The third kappa shape index (κ3) is 1.89. The summed E-state index contributed by atoms with van der Waals surface area (Å²) in [6.07, 6.45) is 4.23. The molecule has 118 valence electrons. The normalized spacial score (nSPS) is 37.5. The number of carbonyl (C=O) groups is 1. The van der Waals surface area contributed by atoms with E-state index in [0.717, 1.165) is 25.7 Å². The molecular weight excluding hydrogens is 286 g/mol. The summed E-state index contributed by atoms with van der Waals surface area (Å²) in [5, 5.41) is 10.3. The fraction of sp³-hybridized carbons (Fsp3) is 0.875. The number of aliphatic hydroxyl groups is 1. The van der Waals surface area contributed by atoms with Crippen LogP contribution in [0.15, 0.2) is 0 Å². The lowest BCUT2D eigenvalue weighted by atomic mass is 9.74. The molecule has 2 bridgehead atoms.